The third-order valence-electron chi connectivity index (χ3n) is 0. The Bertz CT molecular complexity index is 113. The summed E-state index contributed by atoms with van der Waals surface area (Å²) >= 11 is 8.36. The van der Waals surface area contributed by atoms with Crippen LogP contribution in [-0.2, 0) is 28.2 Å². The summed E-state index contributed by atoms with van der Waals surface area (Å²) < 4.78 is 8.88. The first-order valence-electron chi connectivity index (χ1n) is 1.15. The van der Waals surface area contributed by atoms with Gasteiger partial charge in [-0.3, -0.25) is 0 Å². The van der Waals surface area contributed by atoms with Crippen molar-refractivity contribution in [3.05, 3.63) is 0 Å². The van der Waals surface area contributed by atoms with Gasteiger partial charge in [0.05, 0.1) is 0 Å². The van der Waals surface area contributed by atoms with Crippen LogP contribution in [0, 0.1) is 0 Å². The van der Waals surface area contributed by atoms with Crippen molar-refractivity contribution in [3.63, 3.8) is 0 Å². The molecule has 0 amide bonds. The number of hydrogen-bond acceptors (Lipinski definition) is 3. The van der Waals surface area contributed by atoms with Gasteiger partial charge in [-0.25, -0.2) is 4.57 Å². The van der Waals surface area contributed by atoms with Crippen LogP contribution in [0.3, 0.4) is 0 Å². The van der Waals surface area contributed by atoms with Crippen LogP contribution in [0.25, 0.3) is 0 Å². The quantitative estimate of drug-likeness (QED) is 0.539. The van der Waals surface area contributed by atoms with Crippen molar-refractivity contribution < 1.29 is 19.2 Å². The topological polar surface area (TPSA) is 77.8 Å². The molecule has 0 aromatic rings. The zero-order chi connectivity index (χ0) is 7.21. The van der Waals surface area contributed by atoms with Crippen LogP contribution in [0.2, 0.25) is 0 Å². The molecule has 64 valence electrons. The average molecular weight is 261 g/mol. The second kappa shape index (κ2) is 13.3. The van der Waals surface area contributed by atoms with E-state index in [-0.39, 0.29) is 27.0 Å². The van der Waals surface area contributed by atoms with Gasteiger partial charge in [-0.1, -0.05) is 0 Å². The SMILES string of the molecule is O=P(O)(O)O.S.S.S=[P+]=S. The predicted molar refractivity (Wildman–Crippen MR) is 56.7 cm³/mol. The van der Waals surface area contributed by atoms with E-state index in [4.69, 9.17) is 19.2 Å². The molecule has 0 aliphatic carbocycles. The molecule has 4 nitrogen and oxygen atoms in total. The Balaban J connectivity index is -0.0000000326. The first-order valence-corrected chi connectivity index (χ1v) is 5.63. The van der Waals surface area contributed by atoms with E-state index in [2.05, 4.69) is 23.6 Å². The van der Waals surface area contributed by atoms with Crippen molar-refractivity contribution in [2.45, 2.75) is 0 Å². The van der Waals surface area contributed by atoms with E-state index in [0.29, 0.717) is 6.13 Å². The molecule has 0 rings (SSSR count). The van der Waals surface area contributed by atoms with Gasteiger partial charge in [0.15, 0.2) is 0 Å². The Labute approximate surface area is 83.7 Å². The van der Waals surface area contributed by atoms with Gasteiger partial charge in [-0.15, -0.1) is 0 Å². The Morgan fingerprint density at radius 2 is 1.10 bits per heavy atom. The van der Waals surface area contributed by atoms with Crippen LogP contribution in [0.1, 0.15) is 0 Å². The normalized spacial score (nSPS) is 6.70. The zero-order valence-corrected chi connectivity index (χ0v) is 9.88. The van der Waals surface area contributed by atoms with Gasteiger partial charge in [0.2, 0.25) is 0 Å². The maximum atomic E-state index is 8.88. The van der Waals surface area contributed by atoms with E-state index in [1.54, 1.807) is 0 Å². The summed E-state index contributed by atoms with van der Waals surface area (Å²) in [5.41, 5.74) is 0. The van der Waals surface area contributed by atoms with Gasteiger partial charge in [0, 0.05) is 0 Å². The summed E-state index contributed by atoms with van der Waals surface area (Å²) in [5.74, 6) is 0. The summed E-state index contributed by atoms with van der Waals surface area (Å²) in [7, 11) is -4.64. The molecule has 0 aromatic carbocycles. The maximum absolute atomic E-state index is 8.88. The molecule has 3 N–H and O–H groups in total. The third kappa shape index (κ3) is 258. The predicted octanol–water partition coefficient (Wildman–Crippen LogP) is 0.153. The van der Waals surface area contributed by atoms with Gasteiger partial charge in [-0.05, 0) is 0 Å². The van der Waals surface area contributed by atoms with Gasteiger partial charge in [-0.2, -0.15) is 27.0 Å². The average Bonchev–Trinajstić information content (AvgIpc) is 1.27. The molecule has 0 radical (unpaired) electrons. The monoisotopic (exact) mass is 261 g/mol. The molecule has 0 spiro atoms. The van der Waals surface area contributed by atoms with Crippen molar-refractivity contribution in [2.75, 3.05) is 0 Å². The molecule has 10 heavy (non-hydrogen) atoms. The summed E-state index contributed by atoms with van der Waals surface area (Å²) in [5, 5.41) is 0. The Morgan fingerprint density at radius 1 is 1.10 bits per heavy atom. The third-order valence-corrected chi connectivity index (χ3v) is 0. The minimum absolute atomic E-state index is 0. The molecule has 0 saturated heterocycles. The van der Waals surface area contributed by atoms with E-state index in [0.717, 1.165) is 0 Å². The summed E-state index contributed by atoms with van der Waals surface area (Å²) in [6.07, 6.45) is 0.583. The minimum atomic E-state index is -4.64. The van der Waals surface area contributed by atoms with Gasteiger partial charge < -0.3 is 14.7 Å². The number of phosphoric acid groups is 1. The molecular weight excluding hydrogens is 254 g/mol. The Hall–Kier alpha value is 1.68. The molecular formula is H7O4P2S4+. The molecule has 0 fully saturated rings. The van der Waals surface area contributed by atoms with Crippen LogP contribution < -0.4 is 0 Å². The molecule has 0 saturated carbocycles. The van der Waals surface area contributed by atoms with E-state index >= 15 is 0 Å². The Kier molecular flexibility index (Phi) is 30.0. The molecule has 10 heteroatoms. The molecule has 0 aliphatic rings. The van der Waals surface area contributed by atoms with E-state index in [1.807, 2.05) is 0 Å². The zero-order valence-electron chi connectivity index (χ0n) is 4.46. The first-order chi connectivity index (χ1) is 3.41. The van der Waals surface area contributed by atoms with Crippen LogP contribution >= 0.6 is 40.9 Å². The van der Waals surface area contributed by atoms with Gasteiger partial charge in [0.25, 0.3) is 0 Å². The molecule has 0 aromatic heterocycles. The summed E-state index contributed by atoms with van der Waals surface area (Å²) in [6.45, 7) is 0. The molecule has 0 bridgehead atoms. The number of rotatable bonds is 0. The molecule has 0 heterocycles. The van der Waals surface area contributed by atoms with E-state index in [9.17, 15) is 0 Å². The molecule has 0 aliphatic heterocycles. The van der Waals surface area contributed by atoms with Crippen molar-refractivity contribution in [3.8, 4) is 0 Å². The van der Waals surface area contributed by atoms with Gasteiger partial charge in [0.1, 0.15) is 0 Å². The molecule has 0 unspecified atom stereocenters. The van der Waals surface area contributed by atoms with Gasteiger partial charge >= 0.3 is 37.6 Å². The van der Waals surface area contributed by atoms with Crippen molar-refractivity contribution in [1.29, 1.82) is 0 Å². The van der Waals surface area contributed by atoms with Crippen LogP contribution in [0.4, 0.5) is 0 Å². The first kappa shape index (κ1) is 22.6. The number of hydrogen-bond donors (Lipinski definition) is 3. The summed E-state index contributed by atoms with van der Waals surface area (Å²) in [6, 6.07) is 0. The van der Waals surface area contributed by atoms with Crippen LogP contribution in [0.5, 0.6) is 0 Å². The second-order valence-electron chi connectivity index (χ2n) is 0.588. The fourth-order valence-electron chi connectivity index (χ4n) is 0. The van der Waals surface area contributed by atoms with Crippen molar-refractivity contribution in [1.82, 2.24) is 0 Å². The van der Waals surface area contributed by atoms with Crippen molar-refractivity contribution in [2.24, 2.45) is 0 Å². The fraction of sp³-hybridized carbons (Fsp3) is 0. The second-order valence-corrected chi connectivity index (χ2v) is 3.55. The van der Waals surface area contributed by atoms with Crippen LogP contribution in [0.15, 0.2) is 0 Å². The summed E-state index contributed by atoms with van der Waals surface area (Å²) in [4.78, 5) is 21.6. The van der Waals surface area contributed by atoms with Crippen LogP contribution in [-0.4, -0.2) is 14.7 Å². The van der Waals surface area contributed by atoms with Crippen molar-refractivity contribution >= 4 is 64.6 Å². The molecule has 0 atom stereocenters. The fourth-order valence-corrected chi connectivity index (χ4v) is 0. The van der Waals surface area contributed by atoms with E-state index in [1.165, 1.54) is 0 Å². The standard InChI is InChI=1S/H3O4P.PS2.2H2S/c1-5(2,3)4;2-1-3;;/h(H3,1,2,3,4);;2*1H2/q;+1;;. The van der Waals surface area contributed by atoms with E-state index < -0.39 is 7.82 Å². The Morgan fingerprint density at radius 3 is 1.10 bits per heavy atom.